The van der Waals surface area contributed by atoms with Crippen molar-refractivity contribution in [3.8, 4) is 0 Å². The van der Waals surface area contributed by atoms with Gasteiger partial charge in [0.1, 0.15) is 5.82 Å². The van der Waals surface area contributed by atoms with Crippen molar-refractivity contribution in [2.75, 3.05) is 0 Å². The van der Waals surface area contributed by atoms with Gasteiger partial charge in [0.15, 0.2) is 0 Å². The van der Waals surface area contributed by atoms with Crippen LogP contribution in [0.1, 0.15) is 51.5 Å². The van der Waals surface area contributed by atoms with Crippen LogP contribution in [-0.2, 0) is 5.41 Å². The van der Waals surface area contributed by atoms with Crippen LogP contribution in [0.4, 0.5) is 0 Å². The highest BCUT2D eigenvalue weighted by atomic mass is 15.0. The molecule has 0 unspecified atom stereocenters. The molecule has 2 rings (SSSR count). The highest BCUT2D eigenvalue weighted by Gasteiger charge is 2.15. The Kier molecular flexibility index (Phi) is 2.96. The van der Waals surface area contributed by atoms with Crippen molar-refractivity contribution >= 4 is 11.0 Å². The third kappa shape index (κ3) is 2.34. The number of nitrogens with zero attached hydrogens (tertiary/aromatic N) is 1. The van der Waals surface area contributed by atoms with E-state index in [4.69, 9.17) is 5.73 Å². The first-order chi connectivity index (χ1) is 7.91. The largest absolute Gasteiger partial charge is 0.341 e. The number of aromatic amines is 1. The van der Waals surface area contributed by atoms with Gasteiger partial charge < -0.3 is 10.7 Å². The fourth-order valence-corrected chi connectivity index (χ4v) is 1.86. The van der Waals surface area contributed by atoms with Gasteiger partial charge in [-0.1, -0.05) is 33.8 Å². The summed E-state index contributed by atoms with van der Waals surface area (Å²) in [6, 6.07) is 6.39. The van der Waals surface area contributed by atoms with E-state index in [0.717, 1.165) is 23.3 Å². The molecule has 0 spiro atoms. The third-order valence-corrected chi connectivity index (χ3v) is 3.16. The van der Waals surface area contributed by atoms with Crippen molar-refractivity contribution in [3.63, 3.8) is 0 Å². The highest BCUT2D eigenvalue weighted by Crippen LogP contribution is 2.26. The van der Waals surface area contributed by atoms with Gasteiger partial charge in [0, 0.05) is 0 Å². The molecule has 0 bridgehead atoms. The maximum absolute atomic E-state index is 5.99. The fourth-order valence-electron chi connectivity index (χ4n) is 1.86. The molecule has 0 aliphatic heterocycles. The van der Waals surface area contributed by atoms with Crippen LogP contribution in [0, 0.1) is 0 Å². The zero-order valence-corrected chi connectivity index (χ0v) is 11.0. The Morgan fingerprint density at radius 2 is 2.06 bits per heavy atom. The van der Waals surface area contributed by atoms with Gasteiger partial charge in [0.05, 0.1) is 17.1 Å². The van der Waals surface area contributed by atoms with Crippen LogP contribution >= 0.6 is 0 Å². The lowest BCUT2D eigenvalue weighted by atomic mass is 9.87. The van der Waals surface area contributed by atoms with E-state index in [1.807, 2.05) is 0 Å². The summed E-state index contributed by atoms with van der Waals surface area (Å²) in [5.41, 5.74) is 9.53. The number of benzene rings is 1. The Labute approximate surface area is 102 Å². The molecule has 3 N–H and O–H groups in total. The minimum atomic E-state index is 0.000451. The van der Waals surface area contributed by atoms with Gasteiger partial charge >= 0.3 is 0 Å². The first-order valence-electron chi connectivity index (χ1n) is 6.17. The van der Waals surface area contributed by atoms with Crippen molar-refractivity contribution in [2.24, 2.45) is 5.73 Å². The SMILES string of the molecule is CC[C@@H](N)c1nc2ccc(C(C)(C)C)cc2[nH]1. The van der Waals surface area contributed by atoms with Crippen LogP contribution in [0.15, 0.2) is 18.2 Å². The van der Waals surface area contributed by atoms with Gasteiger partial charge in [-0.2, -0.15) is 0 Å². The maximum atomic E-state index is 5.99. The van der Waals surface area contributed by atoms with Gasteiger partial charge in [-0.15, -0.1) is 0 Å². The number of imidazole rings is 1. The van der Waals surface area contributed by atoms with Crippen molar-refractivity contribution in [1.82, 2.24) is 9.97 Å². The van der Waals surface area contributed by atoms with Crippen LogP contribution in [0.3, 0.4) is 0 Å². The predicted octanol–water partition coefficient (Wildman–Crippen LogP) is 3.27. The van der Waals surface area contributed by atoms with E-state index in [9.17, 15) is 0 Å². The first-order valence-corrected chi connectivity index (χ1v) is 6.17. The summed E-state index contributed by atoms with van der Waals surface area (Å²) in [5, 5.41) is 0. The molecule has 0 aliphatic rings. The number of hydrogen-bond acceptors (Lipinski definition) is 2. The second-order valence-electron chi connectivity index (χ2n) is 5.62. The molecule has 92 valence electrons. The lowest BCUT2D eigenvalue weighted by Crippen LogP contribution is -2.10. The Balaban J connectivity index is 2.48. The fraction of sp³-hybridized carbons (Fsp3) is 0.500. The molecule has 1 atom stereocenters. The summed E-state index contributed by atoms with van der Waals surface area (Å²) in [7, 11) is 0. The smallest absolute Gasteiger partial charge is 0.124 e. The molecule has 0 saturated carbocycles. The quantitative estimate of drug-likeness (QED) is 0.833. The van der Waals surface area contributed by atoms with E-state index in [1.165, 1.54) is 5.56 Å². The Bertz CT molecular complexity index is 520. The normalized spacial score (nSPS) is 14.2. The van der Waals surface area contributed by atoms with Crippen molar-refractivity contribution in [3.05, 3.63) is 29.6 Å². The van der Waals surface area contributed by atoms with Gasteiger partial charge in [0.25, 0.3) is 0 Å². The first kappa shape index (κ1) is 12.1. The molecule has 0 saturated heterocycles. The van der Waals surface area contributed by atoms with Crippen LogP contribution in [0.2, 0.25) is 0 Å². The monoisotopic (exact) mass is 231 g/mol. The Morgan fingerprint density at radius 1 is 1.35 bits per heavy atom. The van der Waals surface area contributed by atoms with Crippen molar-refractivity contribution in [2.45, 2.75) is 45.6 Å². The number of H-pyrrole nitrogens is 1. The molecule has 1 heterocycles. The summed E-state index contributed by atoms with van der Waals surface area (Å²) in [4.78, 5) is 7.85. The number of fused-ring (bicyclic) bond motifs is 1. The summed E-state index contributed by atoms with van der Waals surface area (Å²) >= 11 is 0. The van der Waals surface area contributed by atoms with Gasteiger partial charge in [-0.25, -0.2) is 4.98 Å². The molecule has 1 aromatic carbocycles. The lowest BCUT2D eigenvalue weighted by molar-refractivity contribution is 0.591. The molecule has 17 heavy (non-hydrogen) atoms. The maximum Gasteiger partial charge on any atom is 0.124 e. The highest BCUT2D eigenvalue weighted by molar-refractivity contribution is 5.76. The number of nitrogens with two attached hydrogens (primary N) is 1. The molecular formula is C14H21N3. The molecular weight excluding hydrogens is 210 g/mol. The molecule has 0 aliphatic carbocycles. The van der Waals surface area contributed by atoms with E-state index in [0.29, 0.717) is 0 Å². The van der Waals surface area contributed by atoms with E-state index in [1.54, 1.807) is 0 Å². The minimum Gasteiger partial charge on any atom is -0.341 e. The zero-order chi connectivity index (χ0) is 12.6. The number of rotatable bonds is 2. The Hall–Kier alpha value is -1.35. The molecule has 3 nitrogen and oxygen atoms in total. The van der Waals surface area contributed by atoms with E-state index < -0.39 is 0 Å². The zero-order valence-electron chi connectivity index (χ0n) is 11.0. The number of nitrogens with one attached hydrogen (secondary N) is 1. The molecule has 2 aromatic rings. The van der Waals surface area contributed by atoms with Gasteiger partial charge in [-0.05, 0) is 29.5 Å². The number of aromatic nitrogens is 2. The van der Waals surface area contributed by atoms with E-state index in [2.05, 4.69) is 55.9 Å². The van der Waals surface area contributed by atoms with Gasteiger partial charge in [-0.3, -0.25) is 0 Å². The van der Waals surface area contributed by atoms with E-state index in [-0.39, 0.29) is 11.5 Å². The summed E-state index contributed by atoms with van der Waals surface area (Å²) in [6.45, 7) is 8.70. The lowest BCUT2D eigenvalue weighted by Gasteiger charge is -2.18. The molecule has 3 heteroatoms. The predicted molar refractivity (Wildman–Crippen MR) is 72.0 cm³/mol. The van der Waals surface area contributed by atoms with Crippen LogP contribution in [0.5, 0.6) is 0 Å². The minimum absolute atomic E-state index is 0.000451. The standard InChI is InChI=1S/C14H21N3/c1-5-10(15)13-16-11-7-6-9(14(2,3)4)8-12(11)17-13/h6-8,10H,5,15H2,1-4H3,(H,16,17)/t10-/m1/s1. The topological polar surface area (TPSA) is 54.7 Å². The summed E-state index contributed by atoms with van der Waals surface area (Å²) in [5.74, 6) is 0.883. The van der Waals surface area contributed by atoms with Crippen LogP contribution in [-0.4, -0.2) is 9.97 Å². The number of hydrogen-bond donors (Lipinski definition) is 2. The van der Waals surface area contributed by atoms with Crippen molar-refractivity contribution < 1.29 is 0 Å². The van der Waals surface area contributed by atoms with E-state index >= 15 is 0 Å². The summed E-state index contributed by atoms with van der Waals surface area (Å²) < 4.78 is 0. The van der Waals surface area contributed by atoms with Crippen LogP contribution in [0.25, 0.3) is 11.0 Å². The molecule has 0 amide bonds. The van der Waals surface area contributed by atoms with Crippen molar-refractivity contribution in [1.29, 1.82) is 0 Å². The molecule has 0 fully saturated rings. The van der Waals surface area contributed by atoms with Crippen LogP contribution < -0.4 is 5.73 Å². The second-order valence-corrected chi connectivity index (χ2v) is 5.62. The van der Waals surface area contributed by atoms with Gasteiger partial charge in [0.2, 0.25) is 0 Å². The Morgan fingerprint density at radius 3 is 2.65 bits per heavy atom. The second kappa shape index (κ2) is 4.15. The average Bonchev–Trinajstić information content (AvgIpc) is 2.69. The third-order valence-electron chi connectivity index (χ3n) is 3.16. The average molecular weight is 231 g/mol. The summed E-state index contributed by atoms with van der Waals surface area (Å²) in [6.07, 6.45) is 0.895. The molecule has 0 radical (unpaired) electrons. The molecule has 1 aromatic heterocycles.